The van der Waals surface area contributed by atoms with Gasteiger partial charge in [-0.15, -0.1) is 0 Å². The second-order valence-electron chi connectivity index (χ2n) is 3.75. The molecule has 1 aromatic carbocycles. The highest BCUT2D eigenvalue weighted by Crippen LogP contribution is 2.26. The Labute approximate surface area is 100 Å². The van der Waals surface area contributed by atoms with Crippen LogP contribution in [0.4, 0.5) is 13.2 Å². The summed E-state index contributed by atoms with van der Waals surface area (Å²) in [5.74, 6) is 0. The number of hydrogen-bond donors (Lipinski definition) is 0. The van der Waals surface area contributed by atoms with E-state index in [0.29, 0.717) is 5.69 Å². The monoisotopic (exact) mass is 254 g/mol. The molecule has 0 aliphatic heterocycles. The third-order valence-corrected chi connectivity index (χ3v) is 2.34. The van der Waals surface area contributed by atoms with Gasteiger partial charge in [-0.3, -0.25) is 4.79 Å². The van der Waals surface area contributed by atoms with Crippen molar-refractivity contribution in [3.05, 3.63) is 58.0 Å². The highest BCUT2D eigenvalue weighted by molar-refractivity contribution is 5.31. The minimum absolute atomic E-state index is 0.130. The third-order valence-electron chi connectivity index (χ3n) is 2.34. The van der Waals surface area contributed by atoms with Crippen molar-refractivity contribution >= 4 is 0 Å². The normalized spacial score (nSPS) is 11.6. The number of para-hydroxylation sites is 1. The summed E-state index contributed by atoms with van der Waals surface area (Å²) in [6.45, 7) is 1.41. The Morgan fingerprint density at radius 3 is 2.33 bits per heavy atom. The minimum atomic E-state index is -4.68. The predicted molar refractivity (Wildman–Crippen MR) is 59.6 cm³/mol. The molecule has 0 saturated carbocycles. The molecule has 0 bridgehead atoms. The third kappa shape index (κ3) is 2.27. The number of aryl methyl sites for hydroxylation is 1. The number of alkyl halides is 3. The van der Waals surface area contributed by atoms with Crippen LogP contribution in [0, 0.1) is 6.92 Å². The number of rotatable bonds is 1. The van der Waals surface area contributed by atoms with Crippen molar-refractivity contribution in [2.45, 2.75) is 13.1 Å². The fourth-order valence-electron chi connectivity index (χ4n) is 1.56. The van der Waals surface area contributed by atoms with Crippen molar-refractivity contribution in [3.8, 4) is 5.69 Å². The Hall–Kier alpha value is -2.11. The van der Waals surface area contributed by atoms with Crippen LogP contribution in [0.15, 0.2) is 41.2 Å². The minimum Gasteiger partial charge on any atom is -0.267 e. The van der Waals surface area contributed by atoms with E-state index in [1.165, 1.54) is 19.1 Å². The molecule has 0 saturated heterocycles. The number of nitrogens with zero attached hydrogens (tertiary/aromatic N) is 2. The maximum Gasteiger partial charge on any atom is 0.421 e. The average molecular weight is 254 g/mol. The van der Waals surface area contributed by atoms with E-state index in [1.807, 2.05) is 0 Å². The van der Waals surface area contributed by atoms with Crippen LogP contribution in [0.25, 0.3) is 5.69 Å². The lowest BCUT2D eigenvalue weighted by molar-refractivity contribution is -0.139. The van der Waals surface area contributed by atoms with E-state index in [9.17, 15) is 18.0 Å². The van der Waals surface area contributed by atoms with Crippen LogP contribution in [0.2, 0.25) is 0 Å². The molecule has 0 fully saturated rings. The van der Waals surface area contributed by atoms with Gasteiger partial charge < -0.3 is 0 Å². The highest BCUT2D eigenvalue weighted by Gasteiger charge is 2.35. The lowest BCUT2D eigenvalue weighted by Gasteiger charge is -2.10. The van der Waals surface area contributed by atoms with E-state index >= 15 is 0 Å². The topological polar surface area (TPSA) is 34.9 Å². The molecule has 1 aromatic heterocycles. The lowest BCUT2D eigenvalue weighted by atomic mass is 10.2. The van der Waals surface area contributed by atoms with Gasteiger partial charge in [0.15, 0.2) is 0 Å². The first kappa shape index (κ1) is 12.3. The molecule has 6 heteroatoms. The fraction of sp³-hybridized carbons (Fsp3) is 0.167. The number of halogens is 3. The van der Waals surface area contributed by atoms with Gasteiger partial charge in [-0.25, -0.2) is 0 Å². The Bertz CT molecular complexity index is 617. The molecule has 2 aromatic rings. The van der Waals surface area contributed by atoms with E-state index in [1.54, 1.807) is 18.2 Å². The van der Waals surface area contributed by atoms with Crippen molar-refractivity contribution < 1.29 is 13.2 Å². The number of hydrogen-bond acceptors (Lipinski definition) is 2. The first-order chi connectivity index (χ1) is 8.39. The van der Waals surface area contributed by atoms with E-state index in [4.69, 9.17) is 0 Å². The number of benzene rings is 1. The molecule has 3 nitrogen and oxygen atoms in total. The maximum absolute atomic E-state index is 12.7. The van der Waals surface area contributed by atoms with Gasteiger partial charge in [0.05, 0.1) is 11.4 Å². The molecule has 0 radical (unpaired) electrons. The zero-order valence-electron chi connectivity index (χ0n) is 9.40. The summed E-state index contributed by atoms with van der Waals surface area (Å²) >= 11 is 0. The van der Waals surface area contributed by atoms with Gasteiger partial charge in [0, 0.05) is 0 Å². The molecule has 18 heavy (non-hydrogen) atoms. The van der Waals surface area contributed by atoms with Gasteiger partial charge in [-0.1, -0.05) is 18.2 Å². The van der Waals surface area contributed by atoms with Gasteiger partial charge in [0.1, 0.15) is 5.56 Å². The molecule has 0 spiro atoms. The molecule has 0 amide bonds. The first-order valence-electron chi connectivity index (χ1n) is 5.13. The van der Waals surface area contributed by atoms with Crippen molar-refractivity contribution in [1.29, 1.82) is 0 Å². The van der Waals surface area contributed by atoms with E-state index in [2.05, 4.69) is 5.10 Å². The number of aromatic nitrogens is 2. The van der Waals surface area contributed by atoms with Crippen LogP contribution in [0.3, 0.4) is 0 Å². The molecular formula is C12H9F3N2O. The summed E-state index contributed by atoms with van der Waals surface area (Å²) in [6.07, 6.45) is -4.68. The van der Waals surface area contributed by atoms with E-state index < -0.39 is 17.3 Å². The van der Waals surface area contributed by atoms with Crippen LogP contribution in [0.5, 0.6) is 0 Å². The van der Waals surface area contributed by atoms with Crippen LogP contribution in [-0.4, -0.2) is 9.78 Å². The van der Waals surface area contributed by atoms with Gasteiger partial charge in [-0.05, 0) is 25.1 Å². The highest BCUT2D eigenvalue weighted by atomic mass is 19.4. The van der Waals surface area contributed by atoms with Crippen molar-refractivity contribution in [1.82, 2.24) is 9.78 Å². The van der Waals surface area contributed by atoms with E-state index in [-0.39, 0.29) is 5.69 Å². The van der Waals surface area contributed by atoms with Crippen molar-refractivity contribution in [2.24, 2.45) is 0 Å². The summed E-state index contributed by atoms with van der Waals surface area (Å²) in [5.41, 5.74) is -1.94. The van der Waals surface area contributed by atoms with Crippen LogP contribution in [0.1, 0.15) is 11.3 Å². The fourth-order valence-corrected chi connectivity index (χ4v) is 1.56. The molecule has 0 unspecified atom stereocenters. The summed E-state index contributed by atoms with van der Waals surface area (Å²) in [6, 6.07) is 8.75. The molecule has 94 valence electrons. The van der Waals surface area contributed by atoms with Gasteiger partial charge in [0.25, 0.3) is 5.56 Å². The standard InChI is InChI=1S/C12H9F3N2O/c1-8-7-10(12(13,14)15)11(18)17(16-8)9-5-3-2-4-6-9/h2-7H,1H3. The van der Waals surface area contributed by atoms with Crippen LogP contribution < -0.4 is 5.56 Å². The summed E-state index contributed by atoms with van der Waals surface area (Å²) in [7, 11) is 0. The molecule has 2 rings (SSSR count). The predicted octanol–water partition coefficient (Wildman–Crippen LogP) is 2.56. The Kier molecular flexibility index (Phi) is 2.94. The van der Waals surface area contributed by atoms with Crippen LogP contribution >= 0.6 is 0 Å². The van der Waals surface area contributed by atoms with Crippen LogP contribution in [-0.2, 0) is 6.18 Å². The van der Waals surface area contributed by atoms with Gasteiger partial charge >= 0.3 is 6.18 Å². The largest absolute Gasteiger partial charge is 0.421 e. The lowest BCUT2D eigenvalue weighted by Crippen LogP contribution is -2.30. The van der Waals surface area contributed by atoms with Crippen molar-refractivity contribution in [2.75, 3.05) is 0 Å². The summed E-state index contributed by atoms with van der Waals surface area (Å²) < 4.78 is 38.8. The second-order valence-corrected chi connectivity index (χ2v) is 3.75. The maximum atomic E-state index is 12.7. The molecule has 0 aliphatic rings. The molecule has 1 heterocycles. The smallest absolute Gasteiger partial charge is 0.267 e. The summed E-state index contributed by atoms with van der Waals surface area (Å²) in [4.78, 5) is 11.7. The molecule has 0 aliphatic carbocycles. The Morgan fingerprint density at radius 2 is 1.78 bits per heavy atom. The molecule has 0 atom stereocenters. The SMILES string of the molecule is Cc1cc(C(F)(F)F)c(=O)n(-c2ccccc2)n1. The Morgan fingerprint density at radius 1 is 1.17 bits per heavy atom. The van der Waals surface area contributed by atoms with E-state index in [0.717, 1.165) is 10.7 Å². The zero-order chi connectivity index (χ0) is 13.3. The van der Waals surface area contributed by atoms with Crippen molar-refractivity contribution in [3.63, 3.8) is 0 Å². The second kappa shape index (κ2) is 4.29. The molecule has 0 N–H and O–H groups in total. The first-order valence-corrected chi connectivity index (χ1v) is 5.13. The van der Waals surface area contributed by atoms with Gasteiger partial charge in [-0.2, -0.15) is 23.0 Å². The summed E-state index contributed by atoms with van der Waals surface area (Å²) in [5, 5.41) is 3.82. The van der Waals surface area contributed by atoms with Gasteiger partial charge in [0.2, 0.25) is 0 Å². The molecular weight excluding hydrogens is 245 g/mol. The Balaban J connectivity index is 2.71. The quantitative estimate of drug-likeness (QED) is 0.783. The zero-order valence-corrected chi connectivity index (χ0v) is 9.40. The average Bonchev–Trinajstić information content (AvgIpc) is 2.31.